The lowest BCUT2D eigenvalue weighted by Gasteiger charge is -2.45. The number of rotatable bonds is 7. The Hall–Kier alpha value is -2.64. The lowest BCUT2D eigenvalue weighted by molar-refractivity contribution is -0.146. The van der Waals surface area contributed by atoms with Gasteiger partial charge in [-0.1, -0.05) is 28.9 Å². The van der Waals surface area contributed by atoms with E-state index in [0.717, 1.165) is 74.1 Å². The van der Waals surface area contributed by atoms with E-state index < -0.39 is 0 Å². The molecule has 0 aromatic heterocycles. The maximum Gasteiger partial charge on any atom is 0.308 e. The van der Waals surface area contributed by atoms with Gasteiger partial charge in [-0.2, -0.15) is 0 Å². The van der Waals surface area contributed by atoms with Crippen molar-refractivity contribution in [2.45, 2.75) is 51.2 Å². The molecule has 2 aliphatic heterocycles. The molecule has 1 aliphatic carbocycles. The van der Waals surface area contributed by atoms with Gasteiger partial charge in [0.1, 0.15) is 11.6 Å². The molecule has 1 saturated heterocycles. The highest BCUT2D eigenvalue weighted by atomic mass is 35.5. The molecule has 0 radical (unpaired) electrons. The molecule has 2 aromatic rings. The highest BCUT2D eigenvalue weighted by molar-refractivity contribution is 6.33. The van der Waals surface area contributed by atoms with E-state index in [0.29, 0.717) is 23.3 Å². The van der Waals surface area contributed by atoms with Gasteiger partial charge in [0.2, 0.25) is 0 Å². The third-order valence-electron chi connectivity index (χ3n) is 7.57. The summed E-state index contributed by atoms with van der Waals surface area (Å²) in [7, 11) is 1.46. The molecule has 0 N–H and O–H groups in total. The summed E-state index contributed by atoms with van der Waals surface area (Å²) < 4.78 is 24.2. The van der Waals surface area contributed by atoms with Crippen LogP contribution in [0.3, 0.4) is 0 Å². The number of methoxy groups -OCH3 is 1. The van der Waals surface area contributed by atoms with Crippen molar-refractivity contribution in [2.24, 2.45) is 17.0 Å². The van der Waals surface area contributed by atoms with Crippen LogP contribution in [-0.2, 0) is 20.9 Å². The third kappa shape index (κ3) is 5.09. The van der Waals surface area contributed by atoms with Crippen molar-refractivity contribution in [3.05, 3.63) is 52.8 Å². The van der Waals surface area contributed by atoms with Crippen LogP contribution in [0.2, 0.25) is 5.02 Å². The Bertz CT molecular complexity index is 1140. The molecule has 36 heavy (non-hydrogen) atoms. The predicted octanol–water partition coefficient (Wildman–Crippen LogP) is 5.85. The molecule has 5 rings (SSSR count). The summed E-state index contributed by atoms with van der Waals surface area (Å²) in [5.41, 5.74) is 3.56. The largest absolute Gasteiger partial charge is 0.493 e. The highest BCUT2D eigenvalue weighted by Gasteiger charge is 2.50. The highest BCUT2D eigenvalue weighted by Crippen LogP contribution is 2.42. The van der Waals surface area contributed by atoms with Gasteiger partial charge in [0.05, 0.1) is 30.4 Å². The van der Waals surface area contributed by atoms with Crippen molar-refractivity contribution in [3.8, 4) is 16.9 Å². The maximum atomic E-state index is 13.4. The smallest absolute Gasteiger partial charge is 0.308 e. The van der Waals surface area contributed by atoms with Gasteiger partial charge in [-0.25, -0.2) is 4.39 Å². The molecule has 2 fully saturated rings. The lowest BCUT2D eigenvalue weighted by atomic mass is 9.76. The molecule has 8 heteroatoms. The molecular formula is C28H32ClFN2O4. The number of hydrogen-bond acceptors (Lipinski definition) is 6. The SMILES string of the molecule is CCOc1cc(CN2CC3(CC([C@H]4CC[C@H](C(=O)OC)CC4)=NO3)C2)cc(Cl)c1-c1ccc(F)cc1. The monoisotopic (exact) mass is 514 g/mol. The summed E-state index contributed by atoms with van der Waals surface area (Å²) in [6.07, 6.45) is 4.48. The van der Waals surface area contributed by atoms with Crippen LogP contribution in [0.15, 0.2) is 41.6 Å². The second-order valence-corrected chi connectivity index (χ2v) is 10.5. The van der Waals surface area contributed by atoms with Gasteiger partial charge in [-0.15, -0.1) is 0 Å². The number of oxime groups is 1. The summed E-state index contributed by atoms with van der Waals surface area (Å²) in [6, 6.07) is 10.3. The normalized spacial score (nSPS) is 23.1. The Morgan fingerprint density at radius 1 is 1.19 bits per heavy atom. The lowest BCUT2D eigenvalue weighted by Crippen LogP contribution is -2.61. The first-order valence-corrected chi connectivity index (χ1v) is 13.0. The average molecular weight is 515 g/mol. The van der Waals surface area contributed by atoms with Gasteiger partial charge in [-0.3, -0.25) is 9.69 Å². The summed E-state index contributed by atoms with van der Waals surface area (Å²) in [5.74, 6) is 0.733. The second-order valence-electron chi connectivity index (χ2n) is 10.1. The van der Waals surface area contributed by atoms with E-state index >= 15 is 0 Å². The van der Waals surface area contributed by atoms with E-state index in [-0.39, 0.29) is 23.3 Å². The Kier molecular flexibility index (Phi) is 7.22. The number of ether oxygens (including phenoxy) is 2. The van der Waals surface area contributed by atoms with Crippen molar-refractivity contribution in [2.75, 3.05) is 26.8 Å². The number of nitrogens with zero attached hydrogens (tertiary/aromatic N) is 2. The average Bonchev–Trinajstić information content (AvgIpc) is 3.30. The van der Waals surface area contributed by atoms with Crippen LogP contribution in [0.5, 0.6) is 5.75 Å². The molecule has 0 atom stereocenters. The van der Waals surface area contributed by atoms with Gasteiger partial charge in [0, 0.05) is 37.5 Å². The van der Waals surface area contributed by atoms with Gasteiger partial charge >= 0.3 is 5.97 Å². The molecule has 2 heterocycles. The fourth-order valence-corrected chi connectivity index (χ4v) is 6.14. The quantitative estimate of drug-likeness (QED) is 0.433. The van der Waals surface area contributed by atoms with Gasteiger partial charge in [0.25, 0.3) is 0 Å². The number of esters is 1. The minimum atomic E-state index is -0.286. The van der Waals surface area contributed by atoms with E-state index in [1.807, 2.05) is 19.1 Å². The van der Waals surface area contributed by atoms with Gasteiger partial charge in [0.15, 0.2) is 5.60 Å². The molecule has 192 valence electrons. The second kappa shape index (κ2) is 10.4. The molecule has 0 amide bonds. The van der Waals surface area contributed by atoms with Gasteiger partial charge in [-0.05, 0) is 68.0 Å². The minimum Gasteiger partial charge on any atom is -0.493 e. The van der Waals surface area contributed by atoms with Crippen LogP contribution in [0.4, 0.5) is 4.39 Å². The topological polar surface area (TPSA) is 60.4 Å². The molecule has 0 unspecified atom stereocenters. The standard InChI is InChI=1S/C28H32ClFN2O4/c1-3-35-25-13-18(12-23(29)26(25)20-8-10-22(30)11-9-20)15-32-16-28(17-32)14-24(31-36-28)19-4-6-21(7-5-19)27(33)34-2/h8-13,19,21H,3-7,14-17H2,1-2H3/t19-,21-. The van der Waals surface area contributed by atoms with Crippen molar-refractivity contribution in [1.29, 1.82) is 0 Å². The first-order chi connectivity index (χ1) is 17.4. The molecular weight excluding hydrogens is 483 g/mol. The fourth-order valence-electron chi connectivity index (χ4n) is 5.80. The van der Waals surface area contributed by atoms with E-state index in [1.165, 1.54) is 19.2 Å². The number of halogens is 2. The zero-order chi connectivity index (χ0) is 25.3. The summed E-state index contributed by atoms with van der Waals surface area (Å²) in [5, 5.41) is 5.06. The number of carbonyl (C=O) groups excluding carboxylic acids is 1. The van der Waals surface area contributed by atoms with Crippen molar-refractivity contribution < 1.29 is 23.5 Å². The summed E-state index contributed by atoms with van der Waals surface area (Å²) >= 11 is 6.69. The first-order valence-electron chi connectivity index (χ1n) is 12.7. The zero-order valence-electron chi connectivity index (χ0n) is 20.8. The van der Waals surface area contributed by atoms with Crippen LogP contribution in [0, 0.1) is 17.7 Å². The van der Waals surface area contributed by atoms with Crippen molar-refractivity contribution in [1.82, 2.24) is 4.90 Å². The first kappa shape index (κ1) is 25.0. The van der Waals surface area contributed by atoms with Crippen LogP contribution in [0.1, 0.15) is 44.6 Å². The van der Waals surface area contributed by atoms with E-state index in [2.05, 4.69) is 10.1 Å². The van der Waals surface area contributed by atoms with Gasteiger partial charge < -0.3 is 14.3 Å². The van der Waals surface area contributed by atoms with E-state index in [4.69, 9.17) is 25.9 Å². The molecule has 6 nitrogen and oxygen atoms in total. The molecule has 1 spiro atoms. The predicted molar refractivity (Wildman–Crippen MR) is 137 cm³/mol. The minimum absolute atomic E-state index is 0.0187. The number of likely N-dealkylation sites (tertiary alicyclic amines) is 1. The van der Waals surface area contributed by atoms with E-state index in [1.54, 1.807) is 12.1 Å². The van der Waals surface area contributed by atoms with E-state index in [9.17, 15) is 9.18 Å². The number of benzene rings is 2. The molecule has 3 aliphatic rings. The fraction of sp³-hybridized carbons (Fsp3) is 0.500. The number of carbonyl (C=O) groups is 1. The summed E-state index contributed by atoms with van der Waals surface area (Å²) in [4.78, 5) is 20.1. The van der Waals surface area contributed by atoms with Crippen LogP contribution < -0.4 is 4.74 Å². The Balaban J connectivity index is 1.19. The maximum absolute atomic E-state index is 13.4. The Labute approximate surface area is 216 Å². The van der Waals surface area contributed by atoms with Crippen LogP contribution >= 0.6 is 11.6 Å². The molecule has 0 bridgehead atoms. The number of hydrogen-bond donors (Lipinski definition) is 0. The van der Waals surface area contributed by atoms with Crippen LogP contribution in [0.25, 0.3) is 11.1 Å². The molecule has 1 saturated carbocycles. The zero-order valence-corrected chi connectivity index (χ0v) is 21.5. The van der Waals surface area contributed by atoms with Crippen molar-refractivity contribution in [3.63, 3.8) is 0 Å². The molecule has 2 aromatic carbocycles. The Morgan fingerprint density at radius 2 is 1.92 bits per heavy atom. The van der Waals surface area contributed by atoms with Crippen LogP contribution in [-0.4, -0.2) is 49.0 Å². The summed E-state index contributed by atoms with van der Waals surface area (Å²) in [6.45, 7) is 4.78. The third-order valence-corrected chi connectivity index (χ3v) is 7.87. The Morgan fingerprint density at radius 3 is 2.58 bits per heavy atom. The van der Waals surface area contributed by atoms with Crippen molar-refractivity contribution >= 4 is 23.3 Å².